The molecule has 1 amide bonds. The number of nitrogens with two attached hydrogens (primary N) is 1. The molecule has 2 aromatic heterocycles. The number of anilines is 1. The topological polar surface area (TPSA) is 73.4 Å². The van der Waals surface area contributed by atoms with Crippen LogP contribution in [0.2, 0.25) is 0 Å². The number of nitrogens with zero attached hydrogens (tertiary/aromatic N) is 3. The second kappa shape index (κ2) is 6.03. The van der Waals surface area contributed by atoms with E-state index in [0.717, 1.165) is 15.9 Å². The molecule has 2 rings (SSSR count). The lowest BCUT2D eigenvalue weighted by molar-refractivity contribution is 0.0641. The number of amides is 1. The van der Waals surface area contributed by atoms with Crippen LogP contribution in [0.25, 0.3) is 10.2 Å². The minimum Gasteiger partial charge on any atom is -0.397 e. The number of fused-ring (bicyclic) bond motifs is 1. The number of carbonyl (C=O) groups excluding carboxylic acids is 1. The Balaban J connectivity index is 2.42. The van der Waals surface area contributed by atoms with Gasteiger partial charge in [-0.05, 0) is 20.8 Å². The molecule has 0 saturated heterocycles. The number of ether oxygens (including phenoxy) is 1. The summed E-state index contributed by atoms with van der Waals surface area (Å²) in [5.74, 6) is -0.0415. The van der Waals surface area contributed by atoms with Gasteiger partial charge < -0.3 is 15.4 Å². The second-order valence-electron chi connectivity index (χ2n) is 5.32. The lowest BCUT2D eigenvalue weighted by Gasteiger charge is -2.26. The molecule has 2 aromatic rings. The van der Waals surface area contributed by atoms with Crippen LogP contribution in [0.4, 0.5) is 5.69 Å². The molecule has 0 unspecified atom stereocenters. The van der Waals surface area contributed by atoms with Gasteiger partial charge in [0.15, 0.2) is 0 Å². The Hall–Kier alpha value is -1.60. The molecule has 2 heterocycles. The highest BCUT2D eigenvalue weighted by Gasteiger charge is 2.26. The van der Waals surface area contributed by atoms with Gasteiger partial charge in [-0.2, -0.15) is 5.10 Å². The van der Waals surface area contributed by atoms with Crippen LogP contribution in [-0.2, 0) is 11.8 Å². The number of methoxy groups -OCH3 is 1. The van der Waals surface area contributed by atoms with Gasteiger partial charge >= 0.3 is 0 Å². The number of hydrogen-bond donors (Lipinski definition) is 1. The monoisotopic (exact) mass is 310 g/mol. The first-order valence-electron chi connectivity index (χ1n) is 6.90. The maximum Gasteiger partial charge on any atom is 0.266 e. The molecule has 0 atom stereocenters. The van der Waals surface area contributed by atoms with Crippen LogP contribution in [-0.4, -0.2) is 46.9 Å². The van der Waals surface area contributed by atoms with E-state index in [2.05, 4.69) is 5.10 Å². The molecular formula is C14H22N4O2S. The summed E-state index contributed by atoms with van der Waals surface area (Å²) in [6.07, 6.45) is 0. The Morgan fingerprint density at radius 2 is 2.19 bits per heavy atom. The maximum absolute atomic E-state index is 12.8. The predicted octanol–water partition coefficient (Wildman–Crippen LogP) is 2.02. The minimum absolute atomic E-state index is 0.0415. The van der Waals surface area contributed by atoms with Crippen molar-refractivity contribution in [2.24, 2.45) is 7.05 Å². The van der Waals surface area contributed by atoms with Crippen molar-refractivity contribution in [2.45, 2.75) is 26.8 Å². The Morgan fingerprint density at radius 1 is 1.52 bits per heavy atom. The van der Waals surface area contributed by atoms with E-state index in [0.29, 0.717) is 23.7 Å². The van der Waals surface area contributed by atoms with Gasteiger partial charge in [-0.25, -0.2) is 0 Å². The third kappa shape index (κ3) is 2.75. The Labute approximate surface area is 128 Å². The molecule has 21 heavy (non-hydrogen) atoms. The van der Waals surface area contributed by atoms with Crippen molar-refractivity contribution in [3.8, 4) is 0 Å². The van der Waals surface area contributed by atoms with E-state index in [4.69, 9.17) is 10.5 Å². The number of aryl methyl sites for hydroxylation is 2. The zero-order valence-corrected chi connectivity index (χ0v) is 14.0. The molecule has 0 bridgehead atoms. The van der Waals surface area contributed by atoms with E-state index in [9.17, 15) is 4.79 Å². The molecule has 0 radical (unpaired) electrons. The quantitative estimate of drug-likeness (QED) is 0.917. The van der Waals surface area contributed by atoms with Gasteiger partial charge in [0.1, 0.15) is 9.71 Å². The van der Waals surface area contributed by atoms with Gasteiger partial charge in [-0.3, -0.25) is 9.48 Å². The smallest absolute Gasteiger partial charge is 0.266 e. The Kier molecular flexibility index (Phi) is 4.53. The number of thiophene rings is 1. The molecule has 116 valence electrons. The predicted molar refractivity (Wildman–Crippen MR) is 85.8 cm³/mol. The largest absolute Gasteiger partial charge is 0.397 e. The highest BCUT2D eigenvalue weighted by Crippen LogP contribution is 2.36. The summed E-state index contributed by atoms with van der Waals surface area (Å²) in [6.45, 7) is 6.95. The van der Waals surface area contributed by atoms with E-state index in [1.54, 1.807) is 16.7 Å². The molecule has 0 aliphatic rings. The van der Waals surface area contributed by atoms with Crippen molar-refractivity contribution in [3.05, 3.63) is 10.6 Å². The molecule has 0 fully saturated rings. The van der Waals surface area contributed by atoms with E-state index in [1.807, 2.05) is 27.8 Å². The number of nitrogen functional groups attached to an aromatic ring is 1. The van der Waals surface area contributed by atoms with Gasteiger partial charge in [0.25, 0.3) is 5.91 Å². The summed E-state index contributed by atoms with van der Waals surface area (Å²) in [7, 11) is 3.50. The fraction of sp³-hybridized carbons (Fsp3) is 0.571. The van der Waals surface area contributed by atoms with Crippen molar-refractivity contribution in [1.82, 2.24) is 14.7 Å². The summed E-state index contributed by atoms with van der Waals surface area (Å²) in [5.41, 5.74) is 7.59. The molecule has 0 spiro atoms. The average molecular weight is 310 g/mol. The van der Waals surface area contributed by atoms with Crippen LogP contribution >= 0.6 is 11.3 Å². The first-order valence-corrected chi connectivity index (χ1v) is 7.71. The molecular weight excluding hydrogens is 288 g/mol. The van der Waals surface area contributed by atoms with Crippen molar-refractivity contribution in [3.63, 3.8) is 0 Å². The fourth-order valence-electron chi connectivity index (χ4n) is 2.40. The van der Waals surface area contributed by atoms with E-state index < -0.39 is 0 Å². The number of aromatic nitrogens is 2. The van der Waals surface area contributed by atoms with Crippen molar-refractivity contribution >= 4 is 33.1 Å². The Bertz CT molecular complexity index is 660. The van der Waals surface area contributed by atoms with Crippen molar-refractivity contribution < 1.29 is 9.53 Å². The highest BCUT2D eigenvalue weighted by atomic mass is 32.1. The summed E-state index contributed by atoms with van der Waals surface area (Å²) in [6, 6.07) is 0.0940. The number of hydrogen-bond acceptors (Lipinski definition) is 5. The summed E-state index contributed by atoms with van der Waals surface area (Å²) in [5, 5.41) is 5.23. The zero-order chi connectivity index (χ0) is 15.7. The summed E-state index contributed by atoms with van der Waals surface area (Å²) < 4.78 is 6.86. The molecule has 0 aliphatic heterocycles. The van der Waals surface area contributed by atoms with Crippen molar-refractivity contribution in [2.75, 3.05) is 26.0 Å². The third-order valence-corrected chi connectivity index (χ3v) is 4.76. The lowest BCUT2D eigenvalue weighted by atomic mass is 10.2. The molecule has 7 heteroatoms. The SMILES string of the molecule is COCCN(C(=O)c1sc2c(c(C)nn2C)c1N)C(C)C. The van der Waals surface area contributed by atoms with Crippen molar-refractivity contribution in [1.29, 1.82) is 0 Å². The molecule has 0 aliphatic carbocycles. The third-order valence-electron chi connectivity index (χ3n) is 3.50. The van der Waals surface area contributed by atoms with Gasteiger partial charge in [0.2, 0.25) is 0 Å². The second-order valence-corrected chi connectivity index (χ2v) is 6.32. The molecule has 6 nitrogen and oxygen atoms in total. The van der Waals surface area contributed by atoms with Crippen LogP contribution in [0.1, 0.15) is 29.2 Å². The normalized spacial score (nSPS) is 11.5. The van der Waals surface area contributed by atoms with E-state index in [-0.39, 0.29) is 11.9 Å². The molecule has 0 aromatic carbocycles. The average Bonchev–Trinajstić information content (AvgIpc) is 2.89. The van der Waals surface area contributed by atoms with Crippen LogP contribution < -0.4 is 5.73 Å². The summed E-state index contributed by atoms with van der Waals surface area (Å²) >= 11 is 1.40. The molecule has 0 saturated carbocycles. The Morgan fingerprint density at radius 3 is 2.71 bits per heavy atom. The van der Waals surface area contributed by atoms with Crippen LogP contribution in [0, 0.1) is 6.92 Å². The van der Waals surface area contributed by atoms with Crippen LogP contribution in [0.5, 0.6) is 0 Å². The first-order chi connectivity index (χ1) is 9.88. The number of rotatable bonds is 5. The summed E-state index contributed by atoms with van der Waals surface area (Å²) in [4.78, 5) is 16.1. The van der Waals surface area contributed by atoms with Gasteiger partial charge in [0.05, 0.1) is 23.4 Å². The fourth-order valence-corrected chi connectivity index (χ4v) is 3.55. The maximum atomic E-state index is 12.8. The van der Waals surface area contributed by atoms with E-state index >= 15 is 0 Å². The van der Waals surface area contributed by atoms with Crippen LogP contribution in [0.15, 0.2) is 0 Å². The van der Waals surface area contributed by atoms with Gasteiger partial charge in [0, 0.05) is 26.7 Å². The lowest BCUT2D eigenvalue weighted by Crippen LogP contribution is -2.39. The van der Waals surface area contributed by atoms with Gasteiger partial charge in [-0.15, -0.1) is 11.3 Å². The standard InChI is InChI=1S/C14H22N4O2S/c1-8(2)18(6-7-20-5)13(19)12-11(15)10-9(3)16-17(4)14(10)21-12/h8H,6-7,15H2,1-5H3. The minimum atomic E-state index is -0.0415. The van der Waals surface area contributed by atoms with Gasteiger partial charge in [-0.1, -0.05) is 0 Å². The van der Waals surface area contributed by atoms with Crippen LogP contribution in [0.3, 0.4) is 0 Å². The zero-order valence-electron chi connectivity index (χ0n) is 13.1. The number of carbonyl (C=O) groups is 1. The van der Waals surface area contributed by atoms with E-state index in [1.165, 1.54) is 11.3 Å². The molecule has 2 N–H and O–H groups in total. The first kappa shape index (κ1) is 15.8. The highest BCUT2D eigenvalue weighted by molar-refractivity contribution is 7.21.